The number of hydrogen-bond donors (Lipinski definition) is 3. The molecule has 0 aliphatic carbocycles. The monoisotopic (exact) mass is 310 g/mol. The van der Waals surface area contributed by atoms with Crippen molar-refractivity contribution in [2.75, 3.05) is 16.6 Å². The lowest BCUT2D eigenvalue weighted by Crippen LogP contribution is -2.14. The van der Waals surface area contributed by atoms with Crippen LogP contribution in [0, 0.1) is 0 Å². The van der Waals surface area contributed by atoms with E-state index in [0.717, 1.165) is 0 Å². The summed E-state index contributed by atoms with van der Waals surface area (Å²) in [6.07, 6.45) is 1.92. The van der Waals surface area contributed by atoms with E-state index in [2.05, 4.69) is 20.0 Å². The fourth-order valence-electron chi connectivity index (χ4n) is 1.51. The number of anilines is 2. The number of nitrogens with one attached hydrogen (secondary N) is 3. The van der Waals surface area contributed by atoms with Gasteiger partial charge in [0.15, 0.2) is 5.03 Å². The van der Waals surface area contributed by atoms with E-state index in [1.54, 1.807) is 19.1 Å². The molecule has 8 nitrogen and oxygen atoms in total. The van der Waals surface area contributed by atoms with E-state index in [-0.39, 0.29) is 11.6 Å². The van der Waals surface area contributed by atoms with Crippen LogP contribution in [0.2, 0.25) is 0 Å². The molecule has 1 aromatic carbocycles. The Balaban J connectivity index is 2.04. The minimum Gasteiger partial charge on any atom is -0.450 e. The molecule has 112 valence electrons. The molecule has 0 saturated carbocycles. The molecule has 3 N–H and O–H groups in total. The van der Waals surface area contributed by atoms with Crippen molar-refractivity contribution in [1.82, 2.24) is 9.97 Å². The lowest BCUT2D eigenvalue weighted by Gasteiger charge is -2.08. The van der Waals surface area contributed by atoms with Gasteiger partial charge in [-0.3, -0.25) is 10.0 Å². The fraction of sp³-hybridized carbons (Fsp3) is 0.167. The Kier molecular flexibility index (Phi) is 4.43. The van der Waals surface area contributed by atoms with E-state index in [1.165, 1.54) is 24.7 Å². The Morgan fingerprint density at radius 3 is 2.52 bits per heavy atom. The molecule has 0 spiro atoms. The molecule has 1 aromatic heterocycles. The summed E-state index contributed by atoms with van der Waals surface area (Å²) >= 11 is 0. The van der Waals surface area contributed by atoms with Gasteiger partial charge >= 0.3 is 6.09 Å². The van der Waals surface area contributed by atoms with E-state index in [1.807, 2.05) is 0 Å². The maximum atomic E-state index is 11.9. The van der Waals surface area contributed by atoms with Crippen LogP contribution in [0.15, 0.2) is 41.8 Å². The smallest absolute Gasteiger partial charge is 0.411 e. The van der Waals surface area contributed by atoms with Crippen LogP contribution in [-0.4, -0.2) is 31.1 Å². The number of imidazole rings is 1. The summed E-state index contributed by atoms with van der Waals surface area (Å²) in [6, 6.07) is 6.16. The van der Waals surface area contributed by atoms with Crippen LogP contribution in [0.25, 0.3) is 0 Å². The van der Waals surface area contributed by atoms with E-state index >= 15 is 0 Å². The number of amides is 1. The minimum absolute atomic E-state index is 0.0313. The van der Waals surface area contributed by atoms with Crippen molar-refractivity contribution in [3.8, 4) is 0 Å². The first-order chi connectivity index (χ1) is 10.0. The molecule has 2 rings (SSSR count). The molecule has 21 heavy (non-hydrogen) atoms. The number of benzene rings is 1. The Hall–Kier alpha value is -2.55. The predicted octanol–water partition coefficient (Wildman–Crippen LogP) is 1.78. The van der Waals surface area contributed by atoms with Crippen LogP contribution >= 0.6 is 0 Å². The van der Waals surface area contributed by atoms with E-state index in [0.29, 0.717) is 11.4 Å². The van der Waals surface area contributed by atoms with E-state index in [4.69, 9.17) is 4.74 Å². The van der Waals surface area contributed by atoms with Crippen LogP contribution < -0.4 is 10.0 Å². The summed E-state index contributed by atoms with van der Waals surface area (Å²) in [7, 11) is -3.69. The second-order valence-corrected chi connectivity index (χ2v) is 5.60. The SMILES string of the molecule is CCOC(=O)Nc1ccc(NS(=O)(=O)c2cnc[nH]2)cc1. The van der Waals surface area contributed by atoms with Crippen molar-refractivity contribution in [3.63, 3.8) is 0 Å². The van der Waals surface area contributed by atoms with Gasteiger partial charge in [-0.05, 0) is 31.2 Å². The number of hydrogen-bond acceptors (Lipinski definition) is 5. The largest absolute Gasteiger partial charge is 0.450 e. The van der Waals surface area contributed by atoms with Gasteiger partial charge < -0.3 is 9.72 Å². The molecule has 0 radical (unpaired) electrons. The normalized spacial score (nSPS) is 10.9. The topological polar surface area (TPSA) is 113 Å². The van der Waals surface area contributed by atoms with Crippen molar-refractivity contribution in [2.24, 2.45) is 0 Å². The standard InChI is InChI=1S/C12H14N4O4S/c1-2-20-12(17)15-9-3-5-10(6-4-9)16-21(18,19)11-7-13-8-14-11/h3-8,16H,2H2,1H3,(H,13,14)(H,15,17). The molecule has 0 fully saturated rings. The predicted molar refractivity (Wildman–Crippen MR) is 76.5 cm³/mol. The number of nitrogens with zero attached hydrogens (tertiary/aromatic N) is 1. The lowest BCUT2D eigenvalue weighted by molar-refractivity contribution is 0.168. The second kappa shape index (κ2) is 6.27. The van der Waals surface area contributed by atoms with Gasteiger partial charge in [0.25, 0.3) is 10.0 Å². The molecule has 0 saturated heterocycles. The summed E-state index contributed by atoms with van der Waals surface area (Å²) in [5.41, 5.74) is 0.858. The zero-order valence-electron chi connectivity index (χ0n) is 11.2. The quantitative estimate of drug-likeness (QED) is 0.779. The molecule has 0 bridgehead atoms. The molecule has 1 amide bonds. The Labute approximate surface area is 121 Å². The van der Waals surface area contributed by atoms with Crippen LogP contribution in [0.4, 0.5) is 16.2 Å². The molecular formula is C12H14N4O4S. The van der Waals surface area contributed by atoms with Gasteiger partial charge in [0.1, 0.15) is 0 Å². The third-order valence-corrected chi connectivity index (χ3v) is 3.73. The summed E-state index contributed by atoms with van der Waals surface area (Å²) < 4.78 is 31.0. The Morgan fingerprint density at radius 1 is 1.29 bits per heavy atom. The van der Waals surface area contributed by atoms with Crippen molar-refractivity contribution >= 4 is 27.5 Å². The molecule has 1 heterocycles. The van der Waals surface area contributed by atoms with E-state index in [9.17, 15) is 13.2 Å². The maximum absolute atomic E-state index is 11.9. The molecule has 0 unspecified atom stereocenters. The van der Waals surface area contributed by atoms with Gasteiger partial charge in [0, 0.05) is 11.4 Å². The number of aromatic nitrogens is 2. The zero-order chi connectivity index (χ0) is 15.3. The molecular weight excluding hydrogens is 296 g/mol. The third-order valence-electron chi connectivity index (χ3n) is 2.42. The number of sulfonamides is 1. The average molecular weight is 310 g/mol. The number of H-pyrrole nitrogens is 1. The minimum atomic E-state index is -3.69. The van der Waals surface area contributed by atoms with Crippen molar-refractivity contribution in [3.05, 3.63) is 36.8 Å². The summed E-state index contributed by atoms with van der Waals surface area (Å²) in [4.78, 5) is 17.4. The van der Waals surface area contributed by atoms with Crippen molar-refractivity contribution in [1.29, 1.82) is 0 Å². The lowest BCUT2D eigenvalue weighted by atomic mass is 10.3. The molecule has 9 heteroatoms. The molecule has 2 aromatic rings. The highest BCUT2D eigenvalue weighted by Gasteiger charge is 2.15. The van der Waals surface area contributed by atoms with Gasteiger partial charge in [-0.25, -0.2) is 9.78 Å². The van der Waals surface area contributed by atoms with Gasteiger partial charge in [-0.15, -0.1) is 0 Å². The van der Waals surface area contributed by atoms with Crippen LogP contribution in [-0.2, 0) is 14.8 Å². The zero-order valence-corrected chi connectivity index (χ0v) is 12.0. The first kappa shape index (κ1) is 14.9. The summed E-state index contributed by atoms with van der Waals surface area (Å²) in [6.45, 7) is 1.97. The van der Waals surface area contributed by atoms with Crippen LogP contribution in [0.1, 0.15) is 6.92 Å². The first-order valence-corrected chi connectivity index (χ1v) is 7.54. The van der Waals surface area contributed by atoms with Gasteiger partial charge in [0.2, 0.25) is 0 Å². The Bertz CT molecular complexity index is 695. The number of rotatable bonds is 5. The summed E-state index contributed by atoms with van der Waals surface area (Å²) in [5, 5.41) is 2.47. The van der Waals surface area contributed by atoms with E-state index < -0.39 is 16.1 Å². The number of aromatic amines is 1. The highest BCUT2D eigenvalue weighted by atomic mass is 32.2. The first-order valence-electron chi connectivity index (χ1n) is 6.06. The second-order valence-electron chi connectivity index (χ2n) is 3.94. The van der Waals surface area contributed by atoms with Gasteiger partial charge in [-0.1, -0.05) is 0 Å². The third kappa shape index (κ3) is 3.96. The maximum Gasteiger partial charge on any atom is 0.411 e. The number of carbonyl (C=O) groups excluding carboxylic acids is 1. The molecule has 0 aliphatic rings. The van der Waals surface area contributed by atoms with Crippen LogP contribution in [0.3, 0.4) is 0 Å². The van der Waals surface area contributed by atoms with Crippen molar-refractivity contribution < 1.29 is 17.9 Å². The Morgan fingerprint density at radius 2 is 1.95 bits per heavy atom. The van der Waals surface area contributed by atoms with Gasteiger partial charge in [0.05, 0.1) is 19.1 Å². The summed E-state index contributed by atoms with van der Waals surface area (Å²) in [5.74, 6) is 0. The van der Waals surface area contributed by atoms with Crippen LogP contribution in [0.5, 0.6) is 0 Å². The highest BCUT2D eigenvalue weighted by molar-refractivity contribution is 7.92. The average Bonchev–Trinajstić information content (AvgIpc) is 2.96. The number of carbonyl (C=O) groups is 1. The molecule has 0 atom stereocenters. The number of ether oxygens (including phenoxy) is 1. The molecule has 0 aliphatic heterocycles. The van der Waals surface area contributed by atoms with Gasteiger partial charge in [-0.2, -0.15) is 8.42 Å². The highest BCUT2D eigenvalue weighted by Crippen LogP contribution is 2.17. The fourth-order valence-corrected chi connectivity index (χ4v) is 2.47. The van der Waals surface area contributed by atoms with Crippen molar-refractivity contribution in [2.45, 2.75) is 11.9 Å².